The van der Waals surface area contributed by atoms with Crippen molar-refractivity contribution >= 4 is 28.8 Å². The summed E-state index contributed by atoms with van der Waals surface area (Å²) in [6, 6.07) is 27.5. The predicted molar refractivity (Wildman–Crippen MR) is 94.2 cm³/mol. The molecule has 0 aliphatic rings. The van der Waals surface area contributed by atoms with Gasteiger partial charge >= 0.3 is 0 Å². The lowest BCUT2D eigenvalue weighted by Crippen LogP contribution is -2.13. The Morgan fingerprint density at radius 2 is 1.45 bits per heavy atom. The molecule has 0 radical (unpaired) electrons. The van der Waals surface area contributed by atoms with E-state index in [0.717, 1.165) is 22.8 Å². The Kier molecular flexibility index (Phi) is 4.52. The van der Waals surface area contributed by atoms with Crippen LogP contribution in [0.15, 0.2) is 89.9 Å². The zero-order valence-corrected chi connectivity index (χ0v) is 12.7. The van der Waals surface area contributed by atoms with Gasteiger partial charge in [0.25, 0.3) is 0 Å². The highest BCUT2D eigenvalue weighted by atomic mass is 35.5. The molecule has 3 aromatic carbocycles. The fraction of sp³-hybridized carbons (Fsp3) is 0. The molecule has 0 aliphatic carbocycles. The second kappa shape index (κ2) is 6.92. The van der Waals surface area contributed by atoms with Crippen molar-refractivity contribution in [3.05, 3.63) is 95.5 Å². The molecule has 0 atom stereocenters. The summed E-state index contributed by atoms with van der Waals surface area (Å²) in [5.41, 5.74) is 2.83. The van der Waals surface area contributed by atoms with Gasteiger partial charge in [-0.05, 0) is 30.3 Å². The standard InChI is InChI=1S/C19H15ClN2/c20-16-10-7-13-18(14-16)22-19(15-8-3-1-4-9-15)21-17-11-5-2-6-12-17/h1-14H,(H,21,22). The number of aliphatic imine (C=N–C) groups is 1. The molecule has 0 saturated carbocycles. The van der Waals surface area contributed by atoms with Gasteiger partial charge in [-0.1, -0.05) is 66.2 Å². The van der Waals surface area contributed by atoms with E-state index in [1.807, 2.05) is 84.9 Å². The van der Waals surface area contributed by atoms with Crippen molar-refractivity contribution in [1.82, 2.24) is 0 Å². The fourth-order valence-electron chi connectivity index (χ4n) is 2.10. The summed E-state index contributed by atoms with van der Waals surface area (Å²) in [5.74, 6) is 0.786. The molecule has 0 bridgehead atoms. The lowest BCUT2D eigenvalue weighted by molar-refractivity contribution is 1.46. The topological polar surface area (TPSA) is 24.4 Å². The van der Waals surface area contributed by atoms with Gasteiger partial charge in [-0.3, -0.25) is 0 Å². The van der Waals surface area contributed by atoms with E-state index in [9.17, 15) is 0 Å². The summed E-state index contributed by atoms with van der Waals surface area (Å²) >= 11 is 6.05. The van der Waals surface area contributed by atoms with Crippen LogP contribution in [0.4, 0.5) is 11.4 Å². The molecule has 1 N–H and O–H groups in total. The highest BCUT2D eigenvalue weighted by Gasteiger charge is 2.04. The van der Waals surface area contributed by atoms with E-state index >= 15 is 0 Å². The van der Waals surface area contributed by atoms with Gasteiger partial charge in [0.05, 0.1) is 5.69 Å². The van der Waals surface area contributed by atoms with E-state index in [2.05, 4.69) is 5.32 Å². The molecule has 0 spiro atoms. The summed E-state index contributed by atoms with van der Waals surface area (Å²) in [6.45, 7) is 0. The van der Waals surface area contributed by atoms with Crippen LogP contribution in [0.2, 0.25) is 5.02 Å². The van der Waals surface area contributed by atoms with Crippen molar-refractivity contribution in [2.75, 3.05) is 5.32 Å². The first-order chi connectivity index (χ1) is 10.8. The summed E-state index contributed by atoms with van der Waals surface area (Å²) < 4.78 is 0. The van der Waals surface area contributed by atoms with Gasteiger partial charge in [0.1, 0.15) is 5.84 Å². The highest BCUT2D eigenvalue weighted by molar-refractivity contribution is 6.31. The van der Waals surface area contributed by atoms with Gasteiger partial charge in [-0.25, -0.2) is 4.99 Å². The SMILES string of the molecule is Clc1cccc(NC(=Nc2ccccc2)c2ccccc2)c1. The number of hydrogen-bond acceptors (Lipinski definition) is 1. The normalized spacial score (nSPS) is 11.2. The molecule has 0 aromatic heterocycles. The van der Waals surface area contributed by atoms with Crippen LogP contribution in [0.5, 0.6) is 0 Å². The highest BCUT2D eigenvalue weighted by Crippen LogP contribution is 2.18. The molecule has 3 heteroatoms. The third-order valence-corrected chi connectivity index (χ3v) is 3.37. The van der Waals surface area contributed by atoms with Gasteiger partial charge < -0.3 is 5.32 Å². The molecule has 22 heavy (non-hydrogen) atoms. The molecule has 0 heterocycles. The van der Waals surface area contributed by atoms with Crippen molar-refractivity contribution in [3.63, 3.8) is 0 Å². The van der Waals surface area contributed by atoms with E-state index in [1.165, 1.54) is 0 Å². The van der Waals surface area contributed by atoms with Crippen molar-refractivity contribution < 1.29 is 0 Å². The number of amidine groups is 1. The molecule has 0 aliphatic heterocycles. The average molecular weight is 307 g/mol. The smallest absolute Gasteiger partial charge is 0.138 e. The number of anilines is 1. The van der Waals surface area contributed by atoms with Crippen molar-refractivity contribution in [1.29, 1.82) is 0 Å². The molecule has 108 valence electrons. The first-order valence-corrected chi connectivity index (χ1v) is 7.41. The third-order valence-electron chi connectivity index (χ3n) is 3.13. The predicted octanol–water partition coefficient (Wildman–Crippen LogP) is 5.53. The maximum atomic E-state index is 6.05. The Bertz CT molecular complexity index is 768. The quantitative estimate of drug-likeness (QED) is 0.499. The number of nitrogens with zero attached hydrogens (tertiary/aromatic N) is 1. The molecular formula is C19H15ClN2. The summed E-state index contributed by atoms with van der Waals surface area (Å²) in [6.07, 6.45) is 0. The number of hydrogen-bond donors (Lipinski definition) is 1. The Morgan fingerprint density at radius 3 is 2.14 bits per heavy atom. The number of halogens is 1. The van der Waals surface area contributed by atoms with E-state index in [-0.39, 0.29) is 0 Å². The van der Waals surface area contributed by atoms with Crippen LogP contribution in [0.1, 0.15) is 5.56 Å². The first-order valence-electron chi connectivity index (χ1n) is 7.03. The largest absolute Gasteiger partial charge is 0.340 e. The minimum Gasteiger partial charge on any atom is -0.340 e. The zero-order chi connectivity index (χ0) is 15.2. The van der Waals surface area contributed by atoms with Crippen LogP contribution >= 0.6 is 11.6 Å². The van der Waals surface area contributed by atoms with Crippen LogP contribution in [0.3, 0.4) is 0 Å². The van der Waals surface area contributed by atoms with Gasteiger partial charge in [-0.2, -0.15) is 0 Å². The molecular weight excluding hydrogens is 292 g/mol. The Balaban J connectivity index is 1.98. The number of para-hydroxylation sites is 1. The minimum atomic E-state index is 0.692. The maximum absolute atomic E-state index is 6.05. The van der Waals surface area contributed by atoms with Gasteiger partial charge in [0, 0.05) is 16.3 Å². The molecule has 0 amide bonds. The minimum absolute atomic E-state index is 0.692. The maximum Gasteiger partial charge on any atom is 0.138 e. The fourth-order valence-corrected chi connectivity index (χ4v) is 2.29. The second-order valence-electron chi connectivity index (χ2n) is 4.80. The summed E-state index contributed by atoms with van der Waals surface area (Å²) in [7, 11) is 0. The first kappa shape index (κ1) is 14.4. The van der Waals surface area contributed by atoms with Gasteiger partial charge in [-0.15, -0.1) is 0 Å². The lowest BCUT2D eigenvalue weighted by atomic mass is 10.2. The number of benzene rings is 3. The molecule has 0 saturated heterocycles. The van der Waals surface area contributed by atoms with E-state index < -0.39 is 0 Å². The van der Waals surface area contributed by atoms with E-state index in [1.54, 1.807) is 0 Å². The number of nitrogens with one attached hydrogen (secondary N) is 1. The van der Waals surface area contributed by atoms with Crippen LogP contribution in [-0.4, -0.2) is 5.84 Å². The Labute approximate surface area is 135 Å². The molecule has 3 rings (SSSR count). The molecule has 0 fully saturated rings. The monoisotopic (exact) mass is 306 g/mol. The van der Waals surface area contributed by atoms with Crippen molar-refractivity contribution in [3.8, 4) is 0 Å². The zero-order valence-electron chi connectivity index (χ0n) is 11.9. The molecule has 0 unspecified atom stereocenters. The van der Waals surface area contributed by atoms with Crippen LogP contribution in [0, 0.1) is 0 Å². The molecule has 3 aromatic rings. The van der Waals surface area contributed by atoms with Crippen molar-refractivity contribution in [2.45, 2.75) is 0 Å². The number of rotatable bonds is 3. The Hall–Kier alpha value is -2.58. The van der Waals surface area contributed by atoms with Gasteiger partial charge in [0.15, 0.2) is 0 Å². The lowest BCUT2D eigenvalue weighted by Gasteiger charge is -2.11. The van der Waals surface area contributed by atoms with Crippen LogP contribution < -0.4 is 5.32 Å². The van der Waals surface area contributed by atoms with Gasteiger partial charge in [0.2, 0.25) is 0 Å². The van der Waals surface area contributed by atoms with Crippen molar-refractivity contribution in [2.24, 2.45) is 4.99 Å². The average Bonchev–Trinajstić information content (AvgIpc) is 2.56. The summed E-state index contributed by atoms with van der Waals surface area (Å²) in [4.78, 5) is 4.72. The Morgan fingerprint density at radius 1 is 0.773 bits per heavy atom. The molecule has 2 nitrogen and oxygen atoms in total. The van der Waals surface area contributed by atoms with E-state index in [4.69, 9.17) is 16.6 Å². The summed E-state index contributed by atoms with van der Waals surface area (Å²) in [5, 5.41) is 4.04. The third kappa shape index (κ3) is 3.74. The van der Waals surface area contributed by atoms with E-state index in [0.29, 0.717) is 5.02 Å². The van der Waals surface area contributed by atoms with Crippen LogP contribution in [0.25, 0.3) is 0 Å². The van der Waals surface area contributed by atoms with Crippen LogP contribution in [-0.2, 0) is 0 Å². The second-order valence-corrected chi connectivity index (χ2v) is 5.23.